The molecule has 0 aliphatic rings. The average Bonchev–Trinajstić information content (AvgIpc) is 3.44. The van der Waals surface area contributed by atoms with Gasteiger partial charge in [-0.1, -0.05) is 29.3 Å². The van der Waals surface area contributed by atoms with E-state index in [4.69, 9.17) is 27.6 Å². The fourth-order valence-corrected chi connectivity index (χ4v) is 3.82. The van der Waals surface area contributed by atoms with Crippen LogP contribution in [0.4, 0.5) is 5.69 Å². The van der Waals surface area contributed by atoms with Gasteiger partial charge in [0.1, 0.15) is 16.8 Å². The first-order chi connectivity index (χ1) is 15.9. The van der Waals surface area contributed by atoms with E-state index in [1.165, 1.54) is 11.1 Å². The van der Waals surface area contributed by atoms with Crippen molar-refractivity contribution < 1.29 is 9.21 Å². The van der Waals surface area contributed by atoms with Gasteiger partial charge >= 0.3 is 0 Å². The van der Waals surface area contributed by atoms with E-state index in [0.29, 0.717) is 32.6 Å². The maximum atomic E-state index is 12.7. The van der Waals surface area contributed by atoms with Crippen LogP contribution in [-0.4, -0.2) is 20.9 Å². The van der Waals surface area contributed by atoms with Crippen LogP contribution in [0, 0.1) is 13.8 Å². The summed E-state index contributed by atoms with van der Waals surface area (Å²) in [5.74, 6) is 0.222. The van der Waals surface area contributed by atoms with Crippen molar-refractivity contribution >= 4 is 45.8 Å². The van der Waals surface area contributed by atoms with Crippen molar-refractivity contribution in [1.29, 1.82) is 0 Å². The number of hydrogen-bond acceptors (Lipinski definition) is 4. The molecule has 5 rings (SSSR count). The van der Waals surface area contributed by atoms with Crippen molar-refractivity contribution in [2.45, 2.75) is 13.8 Å². The number of furan rings is 1. The van der Waals surface area contributed by atoms with Crippen LogP contribution < -0.4 is 5.32 Å². The second-order valence-electron chi connectivity index (χ2n) is 7.70. The lowest BCUT2D eigenvalue weighted by molar-refractivity contribution is 0.0997. The summed E-state index contributed by atoms with van der Waals surface area (Å²) >= 11 is 12.3. The molecule has 8 heteroatoms. The lowest BCUT2D eigenvalue weighted by atomic mass is 10.1. The van der Waals surface area contributed by atoms with Crippen LogP contribution in [-0.2, 0) is 0 Å². The van der Waals surface area contributed by atoms with Gasteiger partial charge in [0.15, 0.2) is 5.76 Å². The lowest BCUT2D eigenvalue weighted by Crippen LogP contribution is -2.10. The molecule has 0 radical (unpaired) electrons. The highest BCUT2D eigenvalue weighted by Gasteiger charge is 2.15. The predicted octanol–water partition coefficient (Wildman–Crippen LogP) is 6.86. The molecule has 0 unspecified atom stereocenters. The number of anilines is 1. The number of fused-ring (bicyclic) bond motifs is 1. The zero-order chi connectivity index (χ0) is 23.1. The minimum absolute atomic E-state index is 0.153. The van der Waals surface area contributed by atoms with Crippen LogP contribution in [0.5, 0.6) is 0 Å². The van der Waals surface area contributed by atoms with Crippen LogP contribution in [0.2, 0.25) is 10.0 Å². The topological polar surface area (TPSA) is 73.0 Å². The first-order valence-corrected chi connectivity index (χ1v) is 10.9. The third-order valence-corrected chi connectivity index (χ3v) is 5.95. The molecule has 0 saturated carbocycles. The highest BCUT2D eigenvalue weighted by Crippen LogP contribution is 2.32. The van der Waals surface area contributed by atoms with Gasteiger partial charge < -0.3 is 9.73 Å². The molecular formula is C25H18Cl2N4O2. The molecule has 33 heavy (non-hydrogen) atoms. The summed E-state index contributed by atoms with van der Waals surface area (Å²) in [4.78, 5) is 14.3. The Labute approximate surface area is 199 Å². The maximum Gasteiger partial charge on any atom is 0.291 e. The molecule has 1 amide bonds. The molecule has 6 nitrogen and oxygen atoms in total. The average molecular weight is 477 g/mol. The minimum atomic E-state index is -0.389. The largest absolute Gasteiger partial charge is 0.451 e. The number of benzene rings is 3. The van der Waals surface area contributed by atoms with E-state index in [1.807, 2.05) is 24.3 Å². The van der Waals surface area contributed by atoms with Crippen LogP contribution in [0.1, 0.15) is 21.7 Å². The monoisotopic (exact) mass is 476 g/mol. The molecule has 0 aliphatic heterocycles. The molecule has 0 fully saturated rings. The first kappa shape index (κ1) is 21.2. The van der Waals surface area contributed by atoms with Crippen molar-refractivity contribution in [3.8, 4) is 17.0 Å². The Hall–Kier alpha value is -3.61. The van der Waals surface area contributed by atoms with Crippen molar-refractivity contribution in [3.05, 3.63) is 93.7 Å². The molecule has 3 aromatic carbocycles. The summed E-state index contributed by atoms with van der Waals surface area (Å²) in [6.07, 6.45) is 0. The van der Waals surface area contributed by atoms with Crippen LogP contribution in [0.3, 0.4) is 0 Å². The molecule has 5 aromatic rings. The number of rotatable bonds is 4. The number of aromatic nitrogens is 3. The Morgan fingerprint density at radius 2 is 1.70 bits per heavy atom. The van der Waals surface area contributed by atoms with E-state index in [2.05, 4.69) is 29.4 Å². The maximum absolute atomic E-state index is 12.7. The highest BCUT2D eigenvalue weighted by atomic mass is 35.5. The Bertz CT molecular complexity index is 1520. The van der Waals surface area contributed by atoms with Crippen molar-refractivity contribution in [2.24, 2.45) is 0 Å². The number of halogens is 2. The molecule has 0 atom stereocenters. The number of aryl methyl sites for hydroxylation is 2. The molecular weight excluding hydrogens is 459 g/mol. The SMILES string of the molecule is Cc1ccc(-n2nc3ccc(NC(=O)c4ccc(-c5cc(Cl)ccc5Cl)o4)cc3n2)cc1C. The minimum Gasteiger partial charge on any atom is -0.451 e. The molecule has 0 aliphatic carbocycles. The van der Waals surface area contributed by atoms with Gasteiger partial charge in [-0.05, 0) is 85.6 Å². The van der Waals surface area contributed by atoms with Crippen molar-refractivity contribution in [1.82, 2.24) is 15.0 Å². The van der Waals surface area contributed by atoms with Crippen molar-refractivity contribution in [3.63, 3.8) is 0 Å². The summed E-state index contributed by atoms with van der Waals surface area (Å²) in [6.45, 7) is 4.11. The number of nitrogens with zero attached hydrogens (tertiary/aromatic N) is 3. The van der Waals surface area contributed by atoms with Crippen LogP contribution >= 0.6 is 23.2 Å². The van der Waals surface area contributed by atoms with E-state index in [9.17, 15) is 4.79 Å². The van der Waals surface area contributed by atoms with Gasteiger partial charge in [0.05, 0.1) is 10.7 Å². The predicted molar refractivity (Wildman–Crippen MR) is 130 cm³/mol. The van der Waals surface area contributed by atoms with Gasteiger partial charge in [-0.25, -0.2) is 0 Å². The number of nitrogens with one attached hydrogen (secondary N) is 1. The van der Waals surface area contributed by atoms with Crippen molar-refractivity contribution in [2.75, 3.05) is 5.32 Å². The molecule has 0 saturated heterocycles. The molecule has 1 N–H and O–H groups in total. The summed E-state index contributed by atoms with van der Waals surface area (Å²) in [5.41, 5.74) is 5.84. The third-order valence-electron chi connectivity index (χ3n) is 5.38. The van der Waals surface area contributed by atoms with E-state index < -0.39 is 0 Å². The van der Waals surface area contributed by atoms with Gasteiger partial charge in [-0.3, -0.25) is 4.79 Å². The number of carbonyl (C=O) groups is 1. The van der Waals surface area contributed by atoms with Gasteiger partial charge in [0, 0.05) is 16.3 Å². The molecule has 0 bridgehead atoms. The number of carbonyl (C=O) groups excluding carboxylic acids is 1. The summed E-state index contributed by atoms with van der Waals surface area (Å²) in [6, 6.07) is 19.8. The van der Waals surface area contributed by atoms with Gasteiger partial charge in [-0.2, -0.15) is 4.80 Å². The lowest BCUT2D eigenvalue weighted by Gasteiger charge is -2.03. The fraction of sp³-hybridized carbons (Fsp3) is 0.0800. The van der Waals surface area contributed by atoms with Gasteiger partial charge in [0.2, 0.25) is 0 Å². The van der Waals surface area contributed by atoms with E-state index >= 15 is 0 Å². The third kappa shape index (κ3) is 4.23. The number of hydrogen-bond donors (Lipinski definition) is 1. The quantitative estimate of drug-likeness (QED) is 0.307. The molecule has 2 aromatic heterocycles. The van der Waals surface area contributed by atoms with E-state index in [1.54, 1.807) is 47.3 Å². The van der Waals surface area contributed by atoms with Gasteiger partial charge in [0.25, 0.3) is 5.91 Å². The summed E-state index contributed by atoms with van der Waals surface area (Å²) in [5, 5.41) is 12.9. The summed E-state index contributed by atoms with van der Waals surface area (Å²) in [7, 11) is 0. The van der Waals surface area contributed by atoms with Crippen LogP contribution in [0.25, 0.3) is 28.0 Å². The normalized spacial score (nSPS) is 11.2. The smallest absolute Gasteiger partial charge is 0.291 e. The zero-order valence-corrected chi connectivity index (χ0v) is 19.3. The number of amides is 1. The van der Waals surface area contributed by atoms with E-state index in [-0.39, 0.29) is 11.7 Å². The molecule has 164 valence electrons. The standard InChI is InChI=1S/C25H18Cl2N4O2/c1-14-3-6-18(11-15(14)2)31-29-21-8-5-17(13-22(21)30-31)28-25(32)24-10-9-23(33-24)19-12-16(26)4-7-20(19)27/h3-13H,1-2H3,(H,28,32). The zero-order valence-electron chi connectivity index (χ0n) is 17.8. The Morgan fingerprint density at radius 3 is 2.52 bits per heavy atom. The van der Waals surface area contributed by atoms with Crippen LogP contribution in [0.15, 0.2) is 71.1 Å². The second-order valence-corrected chi connectivity index (χ2v) is 8.55. The van der Waals surface area contributed by atoms with Gasteiger partial charge in [-0.15, -0.1) is 10.2 Å². The Balaban J connectivity index is 1.38. The second kappa shape index (κ2) is 8.39. The fourth-order valence-electron chi connectivity index (χ4n) is 3.44. The molecule has 0 spiro atoms. The highest BCUT2D eigenvalue weighted by molar-refractivity contribution is 6.35. The Morgan fingerprint density at radius 1 is 0.879 bits per heavy atom. The summed E-state index contributed by atoms with van der Waals surface area (Å²) < 4.78 is 5.72. The Kier molecular flexibility index (Phi) is 5.40. The molecule has 2 heterocycles. The van der Waals surface area contributed by atoms with E-state index in [0.717, 1.165) is 11.2 Å². The first-order valence-electron chi connectivity index (χ1n) is 10.2.